The van der Waals surface area contributed by atoms with Gasteiger partial charge >= 0.3 is 0 Å². The minimum Gasteiger partial charge on any atom is -0.490 e. The van der Waals surface area contributed by atoms with E-state index in [0.29, 0.717) is 17.5 Å². The van der Waals surface area contributed by atoms with E-state index < -0.39 is 0 Å². The van der Waals surface area contributed by atoms with Gasteiger partial charge < -0.3 is 9.47 Å². The third-order valence-electron chi connectivity index (χ3n) is 2.63. The number of benzene rings is 1. The third kappa shape index (κ3) is 2.99. The molecule has 0 amide bonds. The summed E-state index contributed by atoms with van der Waals surface area (Å²) in [6.45, 7) is 4.70. The summed E-state index contributed by atoms with van der Waals surface area (Å²) in [5.74, 6) is 2.15. The summed E-state index contributed by atoms with van der Waals surface area (Å²) in [7, 11) is 0. The lowest BCUT2D eigenvalue weighted by atomic mass is 10.0. The molecule has 17 heavy (non-hydrogen) atoms. The monoisotopic (exact) mass is 274 g/mol. The van der Waals surface area contributed by atoms with Gasteiger partial charge in [-0.2, -0.15) is 0 Å². The van der Waals surface area contributed by atoms with E-state index in [1.165, 1.54) is 0 Å². The molecular weight excluding hydrogens is 259 g/mol. The minimum absolute atomic E-state index is 0.183. The summed E-state index contributed by atoms with van der Waals surface area (Å²) in [5.41, 5.74) is 0.931. The molecule has 2 nitrogen and oxygen atoms in total. The summed E-state index contributed by atoms with van der Waals surface area (Å²) in [6, 6.07) is 3.75. The highest BCUT2D eigenvalue weighted by molar-refractivity contribution is 6.30. The predicted molar refractivity (Wildman–Crippen MR) is 70.7 cm³/mol. The van der Waals surface area contributed by atoms with E-state index in [2.05, 4.69) is 13.8 Å². The van der Waals surface area contributed by atoms with Crippen molar-refractivity contribution in [1.82, 2.24) is 0 Å². The Labute approximate surface area is 112 Å². The van der Waals surface area contributed by atoms with Crippen molar-refractivity contribution in [1.29, 1.82) is 0 Å². The Kier molecular flexibility index (Phi) is 3.74. The van der Waals surface area contributed by atoms with Gasteiger partial charge in [-0.3, -0.25) is 0 Å². The van der Waals surface area contributed by atoms with E-state index in [1.54, 1.807) is 6.07 Å². The van der Waals surface area contributed by atoms with Crippen LogP contribution in [-0.2, 0) is 6.42 Å². The highest BCUT2D eigenvalue weighted by Gasteiger charge is 2.32. The maximum absolute atomic E-state index is 6.07. The van der Waals surface area contributed by atoms with Crippen LogP contribution >= 0.6 is 23.2 Å². The van der Waals surface area contributed by atoms with Gasteiger partial charge in [-0.1, -0.05) is 11.6 Å². The maximum atomic E-state index is 6.07. The van der Waals surface area contributed by atoms with E-state index in [-0.39, 0.29) is 5.60 Å². The molecule has 0 unspecified atom stereocenters. The Morgan fingerprint density at radius 3 is 2.88 bits per heavy atom. The molecule has 0 radical (unpaired) electrons. The molecule has 1 aromatic carbocycles. The molecule has 0 atom stereocenters. The van der Waals surface area contributed by atoms with Crippen molar-refractivity contribution < 1.29 is 9.47 Å². The lowest BCUT2D eigenvalue weighted by molar-refractivity contribution is 0.132. The van der Waals surface area contributed by atoms with Gasteiger partial charge in [0.05, 0.1) is 6.61 Å². The maximum Gasteiger partial charge on any atom is 0.165 e. The number of hydrogen-bond donors (Lipinski definition) is 0. The molecule has 0 spiro atoms. The van der Waals surface area contributed by atoms with Crippen molar-refractivity contribution in [3.8, 4) is 11.5 Å². The van der Waals surface area contributed by atoms with Crippen LogP contribution in [0.2, 0.25) is 5.02 Å². The average Bonchev–Trinajstić information content (AvgIpc) is 2.52. The first-order valence-corrected chi connectivity index (χ1v) is 6.63. The fourth-order valence-corrected chi connectivity index (χ4v) is 2.32. The minimum atomic E-state index is -0.183. The molecule has 1 aliphatic rings. The highest BCUT2D eigenvalue weighted by atomic mass is 35.5. The summed E-state index contributed by atoms with van der Waals surface area (Å²) < 4.78 is 11.6. The number of rotatable bonds is 4. The molecule has 0 saturated heterocycles. The second-order valence-corrected chi connectivity index (χ2v) is 5.64. The number of fused-ring (bicyclic) bond motifs is 1. The topological polar surface area (TPSA) is 18.5 Å². The molecule has 0 saturated carbocycles. The zero-order valence-corrected chi connectivity index (χ0v) is 11.6. The van der Waals surface area contributed by atoms with E-state index in [0.717, 1.165) is 29.9 Å². The molecule has 0 bridgehead atoms. The second kappa shape index (κ2) is 4.95. The van der Waals surface area contributed by atoms with Crippen LogP contribution in [0.25, 0.3) is 0 Å². The molecule has 4 heteroatoms. The fraction of sp³-hybridized carbons (Fsp3) is 0.538. The fourth-order valence-electron chi connectivity index (χ4n) is 1.98. The van der Waals surface area contributed by atoms with Crippen molar-refractivity contribution in [3.05, 3.63) is 22.7 Å². The van der Waals surface area contributed by atoms with Crippen LogP contribution in [-0.4, -0.2) is 18.1 Å². The smallest absolute Gasteiger partial charge is 0.165 e. The molecule has 0 fully saturated rings. The quantitative estimate of drug-likeness (QED) is 0.609. The van der Waals surface area contributed by atoms with Gasteiger partial charge in [0.1, 0.15) is 5.60 Å². The van der Waals surface area contributed by atoms with Gasteiger partial charge in [0.25, 0.3) is 0 Å². The second-order valence-electron chi connectivity index (χ2n) is 4.82. The van der Waals surface area contributed by atoms with Crippen molar-refractivity contribution >= 4 is 23.2 Å². The van der Waals surface area contributed by atoms with E-state index >= 15 is 0 Å². The Hall–Kier alpha value is -0.600. The lowest BCUT2D eigenvalue weighted by Crippen LogP contribution is -2.24. The lowest BCUT2D eigenvalue weighted by Gasteiger charge is -2.18. The molecular formula is C13H16Cl2O2. The molecule has 0 aromatic heterocycles. The number of ether oxygens (including phenoxy) is 2. The van der Waals surface area contributed by atoms with E-state index in [9.17, 15) is 0 Å². The number of hydrogen-bond acceptors (Lipinski definition) is 2. The van der Waals surface area contributed by atoms with Crippen molar-refractivity contribution in [2.24, 2.45) is 0 Å². The third-order valence-corrected chi connectivity index (χ3v) is 3.11. The highest BCUT2D eigenvalue weighted by Crippen LogP contribution is 2.43. The summed E-state index contributed by atoms with van der Waals surface area (Å²) in [6.07, 6.45) is 1.67. The van der Waals surface area contributed by atoms with E-state index in [1.807, 2.05) is 6.07 Å². The SMILES string of the molecule is CC1(C)Cc2cc(Cl)cc(OCCCCl)c2O1. The van der Waals surface area contributed by atoms with Gasteiger partial charge in [0.2, 0.25) is 0 Å². The molecule has 1 heterocycles. The van der Waals surface area contributed by atoms with Crippen LogP contribution in [0.3, 0.4) is 0 Å². The van der Waals surface area contributed by atoms with Crippen LogP contribution in [0.4, 0.5) is 0 Å². The van der Waals surface area contributed by atoms with Crippen LogP contribution in [0.1, 0.15) is 25.8 Å². The largest absolute Gasteiger partial charge is 0.490 e. The molecule has 0 aliphatic carbocycles. The van der Waals surface area contributed by atoms with Gasteiger partial charge in [0, 0.05) is 29.0 Å². The Morgan fingerprint density at radius 1 is 1.41 bits per heavy atom. The average molecular weight is 275 g/mol. The number of halogens is 2. The first kappa shape index (κ1) is 12.8. The molecule has 0 N–H and O–H groups in total. The van der Waals surface area contributed by atoms with Crippen molar-refractivity contribution in [2.45, 2.75) is 32.3 Å². The van der Waals surface area contributed by atoms with Gasteiger partial charge in [-0.25, -0.2) is 0 Å². The zero-order chi connectivity index (χ0) is 12.5. The summed E-state index contributed by atoms with van der Waals surface area (Å²) in [5, 5.41) is 0.686. The Bertz CT molecular complexity index is 416. The van der Waals surface area contributed by atoms with Crippen molar-refractivity contribution in [2.75, 3.05) is 12.5 Å². The molecule has 1 aromatic rings. The first-order chi connectivity index (χ1) is 8.02. The van der Waals surface area contributed by atoms with Gasteiger partial charge in [0.15, 0.2) is 11.5 Å². The van der Waals surface area contributed by atoms with Crippen LogP contribution in [0, 0.1) is 0 Å². The zero-order valence-electron chi connectivity index (χ0n) is 10.1. The van der Waals surface area contributed by atoms with Crippen LogP contribution in [0.5, 0.6) is 11.5 Å². The van der Waals surface area contributed by atoms with Gasteiger partial charge in [-0.05, 0) is 26.3 Å². The standard InChI is InChI=1S/C13H16Cl2O2/c1-13(2)8-9-6-10(15)7-11(12(9)17-13)16-5-3-4-14/h6-7H,3-5,8H2,1-2H3. The Morgan fingerprint density at radius 2 is 2.18 bits per heavy atom. The predicted octanol–water partition coefficient (Wildman–Crippen LogP) is 4.06. The molecule has 2 rings (SSSR count). The normalized spacial score (nSPS) is 16.5. The first-order valence-electron chi connectivity index (χ1n) is 5.72. The van der Waals surface area contributed by atoms with Gasteiger partial charge in [-0.15, -0.1) is 11.6 Å². The van der Waals surface area contributed by atoms with Crippen LogP contribution in [0.15, 0.2) is 12.1 Å². The van der Waals surface area contributed by atoms with Crippen molar-refractivity contribution in [3.63, 3.8) is 0 Å². The van der Waals surface area contributed by atoms with E-state index in [4.69, 9.17) is 32.7 Å². The molecule has 1 aliphatic heterocycles. The summed E-state index contributed by atoms with van der Waals surface area (Å²) in [4.78, 5) is 0. The summed E-state index contributed by atoms with van der Waals surface area (Å²) >= 11 is 11.7. The number of alkyl halides is 1. The van der Waals surface area contributed by atoms with Crippen LogP contribution < -0.4 is 9.47 Å². The Balaban J connectivity index is 2.22. The molecule has 94 valence electrons.